The molecule has 0 saturated carbocycles. The number of nitrogens with one attached hydrogen (secondary N) is 2. The number of sulfonamides is 1. The fourth-order valence-electron chi connectivity index (χ4n) is 1.94. The standard InChI is InChI=1S/C13H18N4O3S/c1-9(13(18)15-8-4-7-14)16-12-10-5-2-3-6-11(10)21(19,20)17-12/h2-3,5-6,9H,4,7-8,14H2,1H3,(H,15,18)(H,16,17). The summed E-state index contributed by atoms with van der Waals surface area (Å²) in [6.07, 6.45) is 0.685. The van der Waals surface area contributed by atoms with Crippen LogP contribution in [0.4, 0.5) is 0 Å². The van der Waals surface area contributed by atoms with E-state index in [1.807, 2.05) is 0 Å². The van der Waals surface area contributed by atoms with Gasteiger partial charge >= 0.3 is 0 Å². The molecule has 1 aromatic carbocycles. The maximum absolute atomic E-state index is 11.9. The molecule has 0 spiro atoms. The molecule has 21 heavy (non-hydrogen) atoms. The number of rotatable bonds is 5. The van der Waals surface area contributed by atoms with E-state index in [9.17, 15) is 13.2 Å². The molecule has 114 valence electrons. The van der Waals surface area contributed by atoms with E-state index in [0.29, 0.717) is 25.1 Å². The van der Waals surface area contributed by atoms with Crippen molar-refractivity contribution in [2.24, 2.45) is 10.7 Å². The molecule has 0 aromatic heterocycles. The Labute approximate surface area is 123 Å². The van der Waals surface area contributed by atoms with E-state index in [1.165, 1.54) is 6.07 Å². The van der Waals surface area contributed by atoms with Crippen molar-refractivity contribution < 1.29 is 13.2 Å². The van der Waals surface area contributed by atoms with Crippen molar-refractivity contribution in [3.63, 3.8) is 0 Å². The van der Waals surface area contributed by atoms with Gasteiger partial charge in [0.2, 0.25) is 5.91 Å². The van der Waals surface area contributed by atoms with Crippen molar-refractivity contribution in [1.29, 1.82) is 0 Å². The minimum Gasteiger partial charge on any atom is -0.354 e. The quantitative estimate of drug-likeness (QED) is 0.641. The summed E-state index contributed by atoms with van der Waals surface area (Å²) in [5.41, 5.74) is 5.84. The third-order valence-electron chi connectivity index (χ3n) is 3.05. The fraction of sp³-hybridized carbons (Fsp3) is 0.385. The molecular weight excluding hydrogens is 292 g/mol. The Morgan fingerprint density at radius 2 is 2.14 bits per heavy atom. The summed E-state index contributed by atoms with van der Waals surface area (Å²) < 4.78 is 26.2. The van der Waals surface area contributed by atoms with Crippen molar-refractivity contribution >= 4 is 21.8 Å². The van der Waals surface area contributed by atoms with E-state index in [2.05, 4.69) is 15.0 Å². The van der Waals surface area contributed by atoms with Gasteiger partial charge in [0.05, 0.1) is 4.90 Å². The Bertz CT molecular complexity index is 670. The van der Waals surface area contributed by atoms with Gasteiger partial charge in [-0.05, 0) is 32.0 Å². The molecule has 7 nitrogen and oxygen atoms in total. The molecule has 1 unspecified atom stereocenters. The van der Waals surface area contributed by atoms with Gasteiger partial charge in [0, 0.05) is 12.1 Å². The Balaban J connectivity index is 2.18. The summed E-state index contributed by atoms with van der Waals surface area (Å²) in [6.45, 7) is 2.59. The first-order chi connectivity index (χ1) is 9.95. The van der Waals surface area contributed by atoms with Crippen LogP contribution in [0.1, 0.15) is 18.9 Å². The number of fused-ring (bicyclic) bond motifs is 1. The maximum atomic E-state index is 11.9. The average Bonchev–Trinajstić information content (AvgIpc) is 2.71. The lowest BCUT2D eigenvalue weighted by Crippen LogP contribution is -2.35. The molecule has 4 N–H and O–H groups in total. The molecule has 2 rings (SSSR count). The minimum absolute atomic E-state index is 0.180. The molecule has 1 aliphatic heterocycles. The fourth-order valence-corrected chi connectivity index (χ4v) is 3.18. The smallest absolute Gasteiger partial charge is 0.263 e. The van der Waals surface area contributed by atoms with Crippen LogP contribution >= 0.6 is 0 Å². The molecule has 0 aliphatic carbocycles. The highest BCUT2D eigenvalue weighted by Gasteiger charge is 2.31. The highest BCUT2D eigenvalue weighted by molar-refractivity contribution is 7.90. The summed E-state index contributed by atoms with van der Waals surface area (Å²) in [7, 11) is -3.58. The highest BCUT2D eigenvalue weighted by Crippen LogP contribution is 2.22. The zero-order valence-corrected chi connectivity index (χ0v) is 12.5. The van der Waals surface area contributed by atoms with Gasteiger partial charge in [-0.1, -0.05) is 12.1 Å². The van der Waals surface area contributed by atoms with Crippen LogP contribution in [0.25, 0.3) is 0 Å². The van der Waals surface area contributed by atoms with Crippen molar-refractivity contribution in [3.8, 4) is 0 Å². The van der Waals surface area contributed by atoms with Crippen molar-refractivity contribution in [3.05, 3.63) is 29.8 Å². The summed E-state index contributed by atoms with van der Waals surface area (Å²) in [6, 6.07) is 5.84. The molecule has 0 radical (unpaired) electrons. The first-order valence-electron chi connectivity index (χ1n) is 6.63. The lowest BCUT2D eigenvalue weighted by atomic mass is 10.2. The van der Waals surface area contributed by atoms with Gasteiger partial charge in [-0.15, -0.1) is 0 Å². The average molecular weight is 310 g/mol. The van der Waals surface area contributed by atoms with Gasteiger partial charge in [0.25, 0.3) is 10.0 Å². The van der Waals surface area contributed by atoms with Crippen molar-refractivity contribution in [2.75, 3.05) is 13.1 Å². The molecule has 0 fully saturated rings. The van der Waals surface area contributed by atoms with Gasteiger partial charge in [0.15, 0.2) is 0 Å². The third kappa shape index (κ3) is 3.40. The number of carbonyl (C=O) groups is 1. The lowest BCUT2D eigenvalue weighted by molar-refractivity contribution is -0.121. The Morgan fingerprint density at radius 3 is 2.86 bits per heavy atom. The van der Waals surface area contributed by atoms with Crippen LogP contribution in [0.15, 0.2) is 34.2 Å². The van der Waals surface area contributed by atoms with E-state index in [4.69, 9.17) is 5.73 Å². The van der Waals surface area contributed by atoms with Crippen LogP contribution in [0.2, 0.25) is 0 Å². The van der Waals surface area contributed by atoms with Crippen molar-refractivity contribution in [2.45, 2.75) is 24.3 Å². The molecule has 0 bridgehead atoms. The van der Waals surface area contributed by atoms with Crippen LogP contribution in [0, 0.1) is 0 Å². The minimum atomic E-state index is -3.58. The third-order valence-corrected chi connectivity index (χ3v) is 4.44. The topological polar surface area (TPSA) is 114 Å². The Morgan fingerprint density at radius 1 is 1.43 bits per heavy atom. The predicted molar refractivity (Wildman–Crippen MR) is 79.4 cm³/mol. The van der Waals surface area contributed by atoms with Gasteiger partial charge < -0.3 is 11.1 Å². The predicted octanol–water partition coefficient (Wildman–Crippen LogP) is -0.421. The number of hydrogen-bond acceptors (Lipinski definition) is 5. The van der Waals surface area contributed by atoms with Gasteiger partial charge in [-0.3, -0.25) is 14.5 Å². The summed E-state index contributed by atoms with van der Waals surface area (Å²) in [4.78, 5) is 16.2. The molecule has 1 atom stereocenters. The summed E-state index contributed by atoms with van der Waals surface area (Å²) in [5, 5.41) is 2.70. The number of amides is 1. The number of hydrogen-bond donors (Lipinski definition) is 3. The zero-order chi connectivity index (χ0) is 15.5. The van der Waals surface area contributed by atoms with E-state index in [1.54, 1.807) is 25.1 Å². The van der Waals surface area contributed by atoms with Crippen LogP contribution in [0.5, 0.6) is 0 Å². The zero-order valence-electron chi connectivity index (χ0n) is 11.7. The normalized spacial score (nSPS) is 18.9. The lowest BCUT2D eigenvalue weighted by Gasteiger charge is -2.09. The number of nitrogens with zero attached hydrogens (tertiary/aromatic N) is 1. The second kappa shape index (κ2) is 6.23. The van der Waals surface area contributed by atoms with Crippen LogP contribution in [-0.4, -0.2) is 39.3 Å². The molecule has 1 aliphatic rings. The SMILES string of the molecule is CC(N=C1NS(=O)(=O)c2ccccc21)C(=O)NCCCN. The maximum Gasteiger partial charge on any atom is 0.263 e. The van der Waals surface area contributed by atoms with Crippen LogP contribution in [0.3, 0.4) is 0 Å². The Hall–Kier alpha value is -1.93. The van der Waals surface area contributed by atoms with Gasteiger partial charge in [-0.2, -0.15) is 0 Å². The number of amidine groups is 1. The second-order valence-corrected chi connectivity index (χ2v) is 6.34. The number of aliphatic imine (C=N–C) groups is 1. The second-order valence-electron chi connectivity index (χ2n) is 4.69. The first kappa shape index (κ1) is 15.5. The number of benzene rings is 1. The molecule has 1 amide bonds. The highest BCUT2D eigenvalue weighted by atomic mass is 32.2. The Kier molecular flexibility index (Phi) is 4.59. The van der Waals surface area contributed by atoms with E-state index >= 15 is 0 Å². The summed E-state index contributed by atoms with van der Waals surface area (Å²) in [5.74, 6) is -0.0633. The van der Waals surface area contributed by atoms with Crippen LogP contribution in [-0.2, 0) is 14.8 Å². The van der Waals surface area contributed by atoms with Gasteiger partial charge in [0.1, 0.15) is 11.9 Å². The summed E-state index contributed by atoms with van der Waals surface area (Å²) >= 11 is 0. The van der Waals surface area contributed by atoms with Crippen LogP contribution < -0.4 is 15.8 Å². The monoisotopic (exact) mass is 310 g/mol. The van der Waals surface area contributed by atoms with Crippen molar-refractivity contribution in [1.82, 2.24) is 10.0 Å². The largest absolute Gasteiger partial charge is 0.354 e. The molecule has 8 heteroatoms. The van der Waals surface area contributed by atoms with E-state index < -0.39 is 16.1 Å². The molecule has 1 heterocycles. The molecule has 0 saturated heterocycles. The van der Waals surface area contributed by atoms with E-state index in [-0.39, 0.29) is 16.6 Å². The molecule has 1 aromatic rings. The van der Waals surface area contributed by atoms with Gasteiger partial charge in [-0.25, -0.2) is 8.42 Å². The number of nitrogens with two attached hydrogens (primary N) is 1. The molecular formula is C13H18N4O3S. The number of carbonyl (C=O) groups excluding carboxylic acids is 1. The first-order valence-corrected chi connectivity index (χ1v) is 8.12. The van der Waals surface area contributed by atoms with E-state index in [0.717, 1.165) is 0 Å².